The van der Waals surface area contributed by atoms with Gasteiger partial charge in [-0.15, -0.1) is 24.8 Å². The molecule has 22 heavy (non-hydrogen) atoms. The number of nitrogens with zero attached hydrogens (tertiary/aromatic N) is 2. The number of rotatable bonds is 4. The summed E-state index contributed by atoms with van der Waals surface area (Å²) >= 11 is 0. The van der Waals surface area contributed by atoms with Gasteiger partial charge >= 0.3 is 0 Å². The van der Waals surface area contributed by atoms with Crippen LogP contribution in [0.5, 0.6) is 0 Å². The van der Waals surface area contributed by atoms with Gasteiger partial charge in [-0.3, -0.25) is 4.90 Å². The Morgan fingerprint density at radius 1 is 1.23 bits per heavy atom. The van der Waals surface area contributed by atoms with Gasteiger partial charge in [0.05, 0.1) is 12.7 Å². The summed E-state index contributed by atoms with van der Waals surface area (Å²) in [5.41, 5.74) is 7.34. The Balaban J connectivity index is 0.00000121. The van der Waals surface area contributed by atoms with Gasteiger partial charge in [-0.2, -0.15) is 0 Å². The van der Waals surface area contributed by atoms with Gasteiger partial charge in [0, 0.05) is 19.0 Å². The van der Waals surface area contributed by atoms with Crippen LogP contribution in [0.25, 0.3) is 0 Å². The Labute approximate surface area is 143 Å². The smallest absolute Gasteiger partial charge is 0.208 e. The molecule has 2 atom stereocenters. The van der Waals surface area contributed by atoms with Gasteiger partial charge in [0.25, 0.3) is 0 Å². The van der Waals surface area contributed by atoms with E-state index in [0.29, 0.717) is 11.8 Å². The van der Waals surface area contributed by atoms with Crippen molar-refractivity contribution in [2.75, 3.05) is 19.6 Å². The largest absolute Gasteiger partial charge is 0.445 e. The maximum atomic E-state index is 5.96. The van der Waals surface area contributed by atoms with Crippen molar-refractivity contribution in [1.82, 2.24) is 9.88 Å². The number of hydrogen-bond acceptors (Lipinski definition) is 4. The Kier molecular flexibility index (Phi) is 7.36. The van der Waals surface area contributed by atoms with Crippen molar-refractivity contribution in [2.45, 2.75) is 19.4 Å². The molecule has 1 aromatic carbocycles. The standard InChI is InChI=1S/C16H21N3O.2ClH/c1-12-8-18-16(20-12)11-19-9-14(7-17)15(10-19)13-5-3-2-4-6-13;;/h2-6,8,14-15H,7,9-11,17H2,1H3;2*1H/t14-,15+;;/m1../s1. The molecule has 0 unspecified atom stereocenters. The molecule has 2 heterocycles. The summed E-state index contributed by atoms with van der Waals surface area (Å²) in [4.78, 5) is 6.68. The molecular formula is C16H23Cl2N3O. The number of oxazole rings is 1. The van der Waals surface area contributed by atoms with Crippen LogP contribution in [0.3, 0.4) is 0 Å². The summed E-state index contributed by atoms with van der Waals surface area (Å²) in [6.07, 6.45) is 1.78. The Hall–Kier alpha value is -1.07. The fourth-order valence-electron chi connectivity index (χ4n) is 3.07. The van der Waals surface area contributed by atoms with Gasteiger partial charge in [0.1, 0.15) is 5.76 Å². The minimum atomic E-state index is 0. The molecule has 6 heteroatoms. The minimum Gasteiger partial charge on any atom is -0.445 e. The van der Waals surface area contributed by atoms with Crippen LogP contribution in [0.1, 0.15) is 23.1 Å². The molecule has 0 amide bonds. The average molecular weight is 344 g/mol. The van der Waals surface area contributed by atoms with Crippen LogP contribution in [0.2, 0.25) is 0 Å². The third kappa shape index (κ3) is 4.23. The molecule has 0 spiro atoms. The molecule has 0 bridgehead atoms. The molecule has 1 aliphatic heterocycles. The molecule has 1 saturated heterocycles. The minimum absolute atomic E-state index is 0. The summed E-state index contributed by atoms with van der Waals surface area (Å²) in [6.45, 7) is 5.45. The van der Waals surface area contributed by atoms with Crippen molar-refractivity contribution in [1.29, 1.82) is 0 Å². The predicted octanol–water partition coefficient (Wildman–Crippen LogP) is 3.00. The topological polar surface area (TPSA) is 55.3 Å². The number of aryl methyl sites for hydroxylation is 1. The fraction of sp³-hybridized carbons (Fsp3) is 0.438. The normalized spacial score (nSPS) is 21.2. The first-order valence-corrected chi connectivity index (χ1v) is 7.15. The van der Waals surface area contributed by atoms with E-state index in [0.717, 1.165) is 37.8 Å². The second-order valence-corrected chi connectivity index (χ2v) is 5.57. The van der Waals surface area contributed by atoms with Crippen LogP contribution in [0.4, 0.5) is 0 Å². The molecule has 122 valence electrons. The number of likely N-dealkylation sites (tertiary alicyclic amines) is 1. The number of benzene rings is 1. The second kappa shape index (κ2) is 8.53. The second-order valence-electron chi connectivity index (χ2n) is 5.57. The van der Waals surface area contributed by atoms with Gasteiger partial charge in [-0.1, -0.05) is 30.3 Å². The molecule has 0 saturated carbocycles. The lowest BCUT2D eigenvalue weighted by atomic mass is 9.89. The quantitative estimate of drug-likeness (QED) is 0.926. The lowest BCUT2D eigenvalue weighted by molar-refractivity contribution is 0.277. The highest BCUT2D eigenvalue weighted by atomic mass is 35.5. The highest BCUT2D eigenvalue weighted by molar-refractivity contribution is 5.85. The van der Waals surface area contributed by atoms with Crippen molar-refractivity contribution in [2.24, 2.45) is 11.7 Å². The van der Waals surface area contributed by atoms with E-state index in [-0.39, 0.29) is 24.8 Å². The van der Waals surface area contributed by atoms with Crippen LogP contribution in [-0.4, -0.2) is 29.5 Å². The van der Waals surface area contributed by atoms with E-state index in [1.165, 1.54) is 5.56 Å². The molecule has 3 rings (SSSR count). The summed E-state index contributed by atoms with van der Waals surface area (Å²) in [5, 5.41) is 0. The van der Waals surface area contributed by atoms with Crippen LogP contribution in [-0.2, 0) is 6.54 Å². The van der Waals surface area contributed by atoms with Gasteiger partial charge in [0.15, 0.2) is 0 Å². The molecule has 2 N–H and O–H groups in total. The Morgan fingerprint density at radius 3 is 2.55 bits per heavy atom. The number of nitrogens with two attached hydrogens (primary N) is 1. The summed E-state index contributed by atoms with van der Waals surface area (Å²) in [5.74, 6) is 2.69. The lowest BCUT2D eigenvalue weighted by Gasteiger charge is -2.16. The lowest BCUT2D eigenvalue weighted by Crippen LogP contribution is -2.23. The van der Waals surface area contributed by atoms with Crippen molar-refractivity contribution in [3.8, 4) is 0 Å². The molecule has 2 aromatic rings. The van der Waals surface area contributed by atoms with Crippen LogP contribution < -0.4 is 5.73 Å². The number of aromatic nitrogens is 1. The monoisotopic (exact) mass is 343 g/mol. The van der Waals surface area contributed by atoms with E-state index >= 15 is 0 Å². The van der Waals surface area contributed by atoms with E-state index in [4.69, 9.17) is 10.2 Å². The molecule has 1 aliphatic rings. The predicted molar refractivity (Wildman–Crippen MR) is 92.7 cm³/mol. The maximum Gasteiger partial charge on any atom is 0.208 e. The van der Waals surface area contributed by atoms with Crippen molar-refractivity contribution in [3.05, 3.63) is 53.7 Å². The molecule has 4 nitrogen and oxygen atoms in total. The molecule has 1 aromatic heterocycles. The van der Waals surface area contributed by atoms with E-state index in [9.17, 15) is 0 Å². The summed E-state index contributed by atoms with van der Waals surface area (Å²) < 4.78 is 5.57. The van der Waals surface area contributed by atoms with Crippen molar-refractivity contribution < 1.29 is 4.42 Å². The third-order valence-corrected chi connectivity index (χ3v) is 4.08. The van der Waals surface area contributed by atoms with Gasteiger partial charge in [-0.05, 0) is 24.9 Å². The first-order valence-electron chi connectivity index (χ1n) is 7.15. The Bertz CT molecular complexity index is 562. The Morgan fingerprint density at radius 2 is 1.95 bits per heavy atom. The summed E-state index contributed by atoms with van der Waals surface area (Å²) in [6, 6.07) is 10.7. The SMILES string of the molecule is Cc1cnc(CN2C[C@@H](CN)[C@H](c3ccccc3)C2)o1.Cl.Cl. The zero-order valence-corrected chi connectivity index (χ0v) is 14.3. The number of halogens is 2. The van der Waals surface area contributed by atoms with Crippen LogP contribution in [0, 0.1) is 12.8 Å². The van der Waals surface area contributed by atoms with Crippen LogP contribution >= 0.6 is 24.8 Å². The van der Waals surface area contributed by atoms with E-state index < -0.39 is 0 Å². The first-order chi connectivity index (χ1) is 9.76. The molecule has 0 radical (unpaired) electrons. The van der Waals surface area contributed by atoms with Gasteiger partial charge in [0.2, 0.25) is 5.89 Å². The van der Waals surface area contributed by atoms with Gasteiger partial charge in [-0.25, -0.2) is 4.98 Å². The zero-order chi connectivity index (χ0) is 13.9. The van der Waals surface area contributed by atoms with Crippen molar-refractivity contribution >= 4 is 24.8 Å². The summed E-state index contributed by atoms with van der Waals surface area (Å²) in [7, 11) is 0. The molecule has 1 fully saturated rings. The fourth-order valence-corrected chi connectivity index (χ4v) is 3.07. The number of hydrogen-bond donors (Lipinski definition) is 1. The third-order valence-electron chi connectivity index (χ3n) is 4.08. The van der Waals surface area contributed by atoms with E-state index in [1.54, 1.807) is 6.20 Å². The van der Waals surface area contributed by atoms with Crippen LogP contribution in [0.15, 0.2) is 40.9 Å². The highest BCUT2D eigenvalue weighted by Gasteiger charge is 2.33. The van der Waals surface area contributed by atoms with E-state index in [1.807, 2.05) is 6.92 Å². The molecular weight excluding hydrogens is 321 g/mol. The first kappa shape index (κ1) is 19.0. The highest BCUT2D eigenvalue weighted by Crippen LogP contribution is 2.32. The van der Waals surface area contributed by atoms with Gasteiger partial charge < -0.3 is 10.2 Å². The van der Waals surface area contributed by atoms with Crippen molar-refractivity contribution in [3.63, 3.8) is 0 Å². The molecule has 0 aliphatic carbocycles. The maximum absolute atomic E-state index is 5.96. The average Bonchev–Trinajstić information content (AvgIpc) is 3.06. The zero-order valence-electron chi connectivity index (χ0n) is 12.6. The van der Waals surface area contributed by atoms with E-state index in [2.05, 4.69) is 40.2 Å².